The van der Waals surface area contributed by atoms with Gasteiger partial charge in [0.25, 0.3) is 0 Å². The molecule has 0 amide bonds. The molecular weight excluding hydrogens is 482 g/mol. The topological polar surface area (TPSA) is 96.6 Å². The summed E-state index contributed by atoms with van der Waals surface area (Å²) in [7, 11) is -1.90. The predicted molar refractivity (Wildman–Crippen MR) is 150 cm³/mol. The summed E-state index contributed by atoms with van der Waals surface area (Å²) < 4.78 is 17.0. The molecular formula is C29H39N3O4Si. The Kier molecular flexibility index (Phi) is 9.32. The van der Waals surface area contributed by atoms with Crippen molar-refractivity contribution in [2.45, 2.75) is 65.1 Å². The largest absolute Gasteiger partial charge is 0.544 e. The summed E-state index contributed by atoms with van der Waals surface area (Å²) in [5, 5.41) is 0.136. The van der Waals surface area contributed by atoms with Gasteiger partial charge in [0.2, 0.25) is 8.32 Å². The van der Waals surface area contributed by atoms with Crippen LogP contribution in [0.3, 0.4) is 0 Å². The highest BCUT2D eigenvalue weighted by atomic mass is 28.4. The average Bonchev–Trinajstić information content (AvgIpc) is 2.84. The molecule has 7 nitrogen and oxygen atoms in total. The van der Waals surface area contributed by atoms with E-state index in [0.717, 1.165) is 34.0 Å². The van der Waals surface area contributed by atoms with Crippen LogP contribution in [0, 0.1) is 0 Å². The SMILES string of the molecule is CCOC(=O)CCCOc1ccc(Cc2nc(-c3ccc(O[Si](C)(C)C(C)(C)C)cc3)cnc2N)cc1. The number of hydrogen-bond donors (Lipinski definition) is 1. The normalized spacial score (nSPS) is 11.7. The molecule has 0 saturated heterocycles. The summed E-state index contributed by atoms with van der Waals surface area (Å²) in [6, 6.07) is 15.8. The molecule has 37 heavy (non-hydrogen) atoms. The van der Waals surface area contributed by atoms with E-state index in [1.165, 1.54) is 0 Å². The fourth-order valence-corrected chi connectivity index (χ4v) is 4.42. The van der Waals surface area contributed by atoms with Crippen molar-refractivity contribution in [3.63, 3.8) is 0 Å². The lowest BCUT2D eigenvalue weighted by Crippen LogP contribution is -2.43. The third-order valence-corrected chi connectivity index (χ3v) is 11.0. The maximum Gasteiger partial charge on any atom is 0.305 e. The molecule has 0 radical (unpaired) electrons. The molecule has 198 valence electrons. The monoisotopic (exact) mass is 521 g/mol. The number of nitrogens with two attached hydrogens (primary N) is 1. The van der Waals surface area contributed by atoms with Crippen molar-refractivity contribution < 1.29 is 18.7 Å². The van der Waals surface area contributed by atoms with Crippen molar-refractivity contribution in [2.24, 2.45) is 0 Å². The standard InChI is InChI=1S/C29H39N3O4Si/c1-7-34-27(33)9-8-18-35-23-14-10-21(11-15-23)19-25-28(30)31-20-26(32-25)22-12-16-24(17-13-22)36-37(5,6)29(2,3)4/h10-17,20H,7-9,18-19H2,1-6H3,(H2,30,31). The Morgan fingerprint density at radius 1 is 1.00 bits per heavy atom. The average molecular weight is 522 g/mol. The van der Waals surface area contributed by atoms with E-state index in [0.29, 0.717) is 38.3 Å². The zero-order valence-corrected chi connectivity index (χ0v) is 23.8. The number of nitrogens with zero attached hydrogens (tertiary/aromatic N) is 2. The fourth-order valence-electron chi connectivity index (χ4n) is 3.38. The Morgan fingerprint density at radius 3 is 2.27 bits per heavy atom. The number of nitrogen functional groups attached to an aromatic ring is 1. The molecule has 0 spiro atoms. The van der Waals surface area contributed by atoms with E-state index < -0.39 is 8.32 Å². The van der Waals surface area contributed by atoms with Crippen LogP contribution in [-0.2, 0) is 16.0 Å². The minimum Gasteiger partial charge on any atom is -0.544 e. The van der Waals surface area contributed by atoms with Gasteiger partial charge in [-0.05, 0) is 73.4 Å². The molecule has 2 aromatic carbocycles. The van der Waals surface area contributed by atoms with Gasteiger partial charge < -0.3 is 19.6 Å². The van der Waals surface area contributed by atoms with Crippen molar-refractivity contribution in [1.82, 2.24) is 9.97 Å². The summed E-state index contributed by atoms with van der Waals surface area (Å²) in [4.78, 5) is 20.6. The zero-order chi connectivity index (χ0) is 27.1. The van der Waals surface area contributed by atoms with Crippen LogP contribution < -0.4 is 14.9 Å². The van der Waals surface area contributed by atoms with E-state index in [9.17, 15) is 4.79 Å². The number of benzene rings is 2. The second-order valence-electron chi connectivity index (χ2n) is 10.6. The van der Waals surface area contributed by atoms with Crippen LogP contribution in [-0.4, -0.2) is 37.5 Å². The van der Waals surface area contributed by atoms with Crippen LogP contribution in [0.25, 0.3) is 11.3 Å². The summed E-state index contributed by atoms with van der Waals surface area (Å²) in [6.07, 6.45) is 3.23. The van der Waals surface area contributed by atoms with Gasteiger partial charge in [0.05, 0.1) is 30.8 Å². The lowest BCUT2D eigenvalue weighted by atomic mass is 10.1. The van der Waals surface area contributed by atoms with Gasteiger partial charge in [-0.1, -0.05) is 32.9 Å². The fraction of sp³-hybridized carbons (Fsp3) is 0.414. The van der Waals surface area contributed by atoms with Crippen LogP contribution >= 0.6 is 0 Å². The van der Waals surface area contributed by atoms with Crippen LogP contribution in [0.15, 0.2) is 54.7 Å². The minimum atomic E-state index is -1.90. The first-order valence-corrected chi connectivity index (χ1v) is 15.7. The Labute approximate surface area is 221 Å². The van der Waals surface area contributed by atoms with Gasteiger partial charge in [-0.15, -0.1) is 0 Å². The Bertz CT molecular complexity index is 1170. The molecule has 3 aromatic rings. The highest BCUT2D eigenvalue weighted by Crippen LogP contribution is 2.37. The minimum absolute atomic E-state index is 0.136. The maximum atomic E-state index is 11.4. The first-order valence-electron chi connectivity index (χ1n) is 12.8. The molecule has 1 aromatic heterocycles. The first kappa shape index (κ1) is 28.2. The number of rotatable bonds is 11. The van der Waals surface area contributed by atoms with Gasteiger partial charge >= 0.3 is 5.97 Å². The number of carbonyl (C=O) groups excluding carboxylic acids is 1. The molecule has 0 aliphatic carbocycles. The van der Waals surface area contributed by atoms with E-state index in [1.54, 1.807) is 13.1 Å². The van der Waals surface area contributed by atoms with E-state index in [1.807, 2.05) is 48.5 Å². The summed E-state index contributed by atoms with van der Waals surface area (Å²) in [5.74, 6) is 1.85. The quantitative estimate of drug-likeness (QED) is 0.177. The van der Waals surface area contributed by atoms with Gasteiger partial charge in [0.15, 0.2) is 0 Å². The van der Waals surface area contributed by atoms with Crippen LogP contribution in [0.5, 0.6) is 11.5 Å². The van der Waals surface area contributed by atoms with Gasteiger partial charge in [0, 0.05) is 18.4 Å². The molecule has 0 atom stereocenters. The Hall–Kier alpha value is -3.39. The van der Waals surface area contributed by atoms with Gasteiger partial charge in [0.1, 0.15) is 17.3 Å². The molecule has 2 N–H and O–H groups in total. The Balaban J connectivity index is 1.62. The molecule has 0 fully saturated rings. The second kappa shape index (κ2) is 12.2. The number of anilines is 1. The third-order valence-electron chi connectivity index (χ3n) is 6.60. The van der Waals surface area contributed by atoms with E-state index >= 15 is 0 Å². The molecule has 8 heteroatoms. The zero-order valence-electron chi connectivity index (χ0n) is 22.8. The number of aromatic nitrogens is 2. The van der Waals surface area contributed by atoms with Gasteiger partial charge in [-0.25, -0.2) is 9.97 Å². The van der Waals surface area contributed by atoms with Crippen LogP contribution in [0.2, 0.25) is 18.1 Å². The lowest BCUT2D eigenvalue weighted by Gasteiger charge is -2.36. The summed E-state index contributed by atoms with van der Waals surface area (Å²) in [6.45, 7) is 13.8. The smallest absolute Gasteiger partial charge is 0.305 e. The predicted octanol–water partition coefficient (Wildman–Crippen LogP) is 6.42. The van der Waals surface area contributed by atoms with Crippen molar-refractivity contribution in [3.8, 4) is 22.8 Å². The molecule has 1 heterocycles. The molecule has 0 saturated carbocycles. The maximum absolute atomic E-state index is 11.4. The van der Waals surface area contributed by atoms with Gasteiger partial charge in [-0.3, -0.25) is 4.79 Å². The van der Waals surface area contributed by atoms with Crippen LogP contribution in [0.1, 0.15) is 51.8 Å². The molecule has 0 aliphatic rings. The van der Waals surface area contributed by atoms with E-state index in [4.69, 9.17) is 24.6 Å². The number of carbonyl (C=O) groups is 1. The second-order valence-corrected chi connectivity index (χ2v) is 15.3. The number of ether oxygens (including phenoxy) is 2. The van der Waals surface area contributed by atoms with E-state index in [-0.39, 0.29) is 11.0 Å². The van der Waals surface area contributed by atoms with Crippen molar-refractivity contribution in [3.05, 3.63) is 66.0 Å². The van der Waals surface area contributed by atoms with Crippen molar-refractivity contribution in [2.75, 3.05) is 18.9 Å². The first-order chi connectivity index (χ1) is 17.5. The molecule has 0 aliphatic heterocycles. The highest BCUT2D eigenvalue weighted by molar-refractivity contribution is 6.74. The summed E-state index contributed by atoms with van der Waals surface area (Å²) in [5.41, 5.74) is 9.66. The summed E-state index contributed by atoms with van der Waals surface area (Å²) >= 11 is 0. The van der Waals surface area contributed by atoms with Crippen molar-refractivity contribution >= 4 is 20.1 Å². The molecule has 3 rings (SSSR count). The van der Waals surface area contributed by atoms with Gasteiger partial charge in [-0.2, -0.15) is 0 Å². The van der Waals surface area contributed by atoms with Crippen molar-refractivity contribution in [1.29, 1.82) is 0 Å². The Morgan fingerprint density at radius 2 is 1.65 bits per heavy atom. The molecule has 0 bridgehead atoms. The van der Waals surface area contributed by atoms with Crippen LogP contribution in [0.4, 0.5) is 5.82 Å². The third kappa shape index (κ3) is 8.05. The number of esters is 1. The molecule has 0 unspecified atom stereocenters. The van der Waals surface area contributed by atoms with E-state index in [2.05, 4.69) is 38.8 Å². The lowest BCUT2D eigenvalue weighted by molar-refractivity contribution is -0.143. The number of hydrogen-bond acceptors (Lipinski definition) is 7. The highest BCUT2D eigenvalue weighted by Gasteiger charge is 2.38.